The largest absolute Gasteiger partial charge is 0.481 e. The molecule has 14 heavy (non-hydrogen) atoms. The standard InChI is InChI=1S/C10H20N2O2/c1-3-12(4-2)9-7-11-6-5-8(9)10(13)14/h8-9,11H,3-7H2,1-2H3,(H,13,14). The third-order valence-electron chi connectivity index (χ3n) is 3.05. The normalized spacial score (nSPS) is 27.9. The van der Waals surface area contributed by atoms with Gasteiger partial charge in [-0.05, 0) is 26.1 Å². The summed E-state index contributed by atoms with van der Waals surface area (Å²) in [6, 6.07) is 0.163. The van der Waals surface area contributed by atoms with E-state index in [2.05, 4.69) is 24.1 Å². The number of rotatable bonds is 4. The molecule has 1 aliphatic heterocycles. The number of carboxylic acids is 1. The molecule has 0 aliphatic carbocycles. The van der Waals surface area contributed by atoms with Gasteiger partial charge in [-0.3, -0.25) is 9.69 Å². The van der Waals surface area contributed by atoms with Gasteiger partial charge in [0.05, 0.1) is 5.92 Å². The average Bonchev–Trinajstić information content (AvgIpc) is 2.20. The molecule has 1 aliphatic rings. The lowest BCUT2D eigenvalue weighted by Crippen LogP contribution is -2.53. The highest BCUT2D eigenvalue weighted by atomic mass is 16.4. The van der Waals surface area contributed by atoms with E-state index in [1.165, 1.54) is 0 Å². The molecule has 0 aromatic carbocycles. The van der Waals surface area contributed by atoms with Gasteiger partial charge in [0.2, 0.25) is 0 Å². The zero-order valence-electron chi connectivity index (χ0n) is 8.99. The SMILES string of the molecule is CCN(CC)C1CNCCC1C(=O)O. The average molecular weight is 200 g/mol. The van der Waals surface area contributed by atoms with Crippen molar-refractivity contribution in [1.29, 1.82) is 0 Å². The van der Waals surface area contributed by atoms with Crippen LogP contribution in [0.2, 0.25) is 0 Å². The highest BCUT2D eigenvalue weighted by molar-refractivity contribution is 5.71. The summed E-state index contributed by atoms with van der Waals surface area (Å²) in [5.41, 5.74) is 0. The first-order valence-corrected chi connectivity index (χ1v) is 5.38. The van der Waals surface area contributed by atoms with Crippen LogP contribution < -0.4 is 5.32 Å². The molecule has 4 nitrogen and oxygen atoms in total. The molecule has 1 heterocycles. The van der Waals surface area contributed by atoms with Crippen LogP contribution in [-0.2, 0) is 4.79 Å². The Hall–Kier alpha value is -0.610. The Morgan fingerprint density at radius 3 is 2.64 bits per heavy atom. The predicted molar refractivity (Wildman–Crippen MR) is 55.3 cm³/mol. The highest BCUT2D eigenvalue weighted by Crippen LogP contribution is 2.18. The van der Waals surface area contributed by atoms with Crippen molar-refractivity contribution in [3.8, 4) is 0 Å². The summed E-state index contributed by atoms with van der Waals surface area (Å²) in [5, 5.41) is 12.4. The summed E-state index contributed by atoms with van der Waals surface area (Å²) < 4.78 is 0. The molecular weight excluding hydrogens is 180 g/mol. The van der Waals surface area contributed by atoms with Crippen LogP contribution in [0.15, 0.2) is 0 Å². The van der Waals surface area contributed by atoms with Gasteiger partial charge in [0.1, 0.15) is 0 Å². The lowest BCUT2D eigenvalue weighted by Gasteiger charge is -2.37. The number of hydrogen-bond acceptors (Lipinski definition) is 3. The summed E-state index contributed by atoms with van der Waals surface area (Å²) >= 11 is 0. The van der Waals surface area contributed by atoms with Crippen molar-refractivity contribution in [2.75, 3.05) is 26.2 Å². The molecule has 4 heteroatoms. The second-order valence-electron chi connectivity index (χ2n) is 3.73. The second kappa shape index (κ2) is 5.32. The first-order valence-electron chi connectivity index (χ1n) is 5.38. The second-order valence-corrected chi connectivity index (χ2v) is 3.73. The number of carbonyl (C=O) groups is 1. The molecule has 82 valence electrons. The Labute approximate surface area is 85.3 Å². The number of nitrogens with one attached hydrogen (secondary N) is 1. The van der Waals surface area contributed by atoms with Crippen LogP contribution in [-0.4, -0.2) is 48.2 Å². The smallest absolute Gasteiger partial charge is 0.308 e. The first kappa shape index (κ1) is 11.5. The van der Waals surface area contributed by atoms with Crippen molar-refractivity contribution in [2.24, 2.45) is 5.92 Å². The van der Waals surface area contributed by atoms with Crippen LogP contribution in [0.3, 0.4) is 0 Å². The molecule has 2 atom stereocenters. The van der Waals surface area contributed by atoms with Gasteiger partial charge in [-0.2, -0.15) is 0 Å². The fourth-order valence-corrected chi connectivity index (χ4v) is 2.21. The number of nitrogens with zero attached hydrogens (tertiary/aromatic N) is 1. The molecule has 2 N–H and O–H groups in total. The zero-order valence-corrected chi connectivity index (χ0v) is 8.99. The first-order chi connectivity index (χ1) is 6.70. The molecule has 1 fully saturated rings. The van der Waals surface area contributed by atoms with E-state index in [1.807, 2.05) is 0 Å². The topological polar surface area (TPSA) is 52.6 Å². The van der Waals surface area contributed by atoms with Crippen LogP contribution in [0.5, 0.6) is 0 Å². The zero-order chi connectivity index (χ0) is 10.6. The molecule has 0 spiro atoms. The van der Waals surface area contributed by atoms with E-state index < -0.39 is 5.97 Å². The maximum Gasteiger partial charge on any atom is 0.308 e. The summed E-state index contributed by atoms with van der Waals surface area (Å²) in [4.78, 5) is 13.3. The van der Waals surface area contributed by atoms with Crippen molar-refractivity contribution in [2.45, 2.75) is 26.3 Å². The van der Waals surface area contributed by atoms with E-state index >= 15 is 0 Å². The Morgan fingerprint density at radius 1 is 1.50 bits per heavy atom. The van der Waals surface area contributed by atoms with Gasteiger partial charge in [0.15, 0.2) is 0 Å². The predicted octanol–water partition coefficient (Wildman–Crippen LogP) is 0.391. The molecule has 1 saturated heterocycles. The summed E-state index contributed by atoms with van der Waals surface area (Å²) in [6.07, 6.45) is 0.747. The van der Waals surface area contributed by atoms with E-state index in [4.69, 9.17) is 5.11 Å². The van der Waals surface area contributed by atoms with Crippen LogP contribution in [0, 0.1) is 5.92 Å². The number of hydrogen-bond donors (Lipinski definition) is 2. The summed E-state index contributed by atoms with van der Waals surface area (Å²) in [6.45, 7) is 7.64. The number of likely N-dealkylation sites (N-methyl/N-ethyl adjacent to an activating group) is 1. The van der Waals surface area contributed by atoms with Gasteiger partial charge >= 0.3 is 5.97 Å². The van der Waals surface area contributed by atoms with Gasteiger partial charge in [-0.15, -0.1) is 0 Å². The van der Waals surface area contributed by atoms with Crippen molar-refractivity contribution in [3.05, 3.63) is 0 Å². The molecule has 0 aromatic rings. The van der Waals surface area contributed by atoms with Gasteiger partial charge in [-0.1, -0.05) is 13.8 Å². The molecular formula is C10H20N2O2. The van der Waals surface area contributed by atoms with Crippen molar-refractivity contribution >= 4 is 5.97 Å². The lowest BCUT2D eigenvalue weighted by atomic mass is 9.91. The van der Waals surface area contributed by atoms with E-state index in [1.54, 1.807) is 0 Å². The van der Waals surface area contributed by atoms with Crippen LogP contribution in [0.4, 0.5) is 0 Å². The Balaban J connectivity index is 2.65. The van der Waals surface area contributed by atoms with E-state index in [0.29, 0.717) is 0 Å². The Kier molecular flexibility index (Phi) is 4.35. The molecule has 0 saturated carbocycles. The lowest BCUT2D eigenvalue weighted by molar-refractivity contribution is -0.145. The molecule has 2 unspecified atom stereocenters. The van der Waals surface area contributed by atoms with Crippen LogP contribution in [0.1, 0.15) is 20.3 Å². The van der Waals surface area contributed by atoms with E-state index in [-0.39, 0.29) is 12.0 Å². The van der Waals surface area contributed by atoms with Crippen molar-refractivity contribution in [1.82, 2.24) is 10.2 Å². The molecule has 0 aromatic heterocycles. The Bertz CT molecular complexity index is 193. The molecule has 0 radical (unpaired) electrons. The molecule has 0 amide bonds. The monoisotopic (exact) mass is 200 g/mol. The minimum atomic E-state index is -0.650. The minimum Gasteiger partial charge on any atom is -0.481 e. The minimum absolute atomic E-state index is 0.163. The molecule has 0 bridgehead atoms. The summed E-state index contributed by atoms with van der Waals surface area (Å²) in [7, 11) is 0. The van der Waals surface area contributed by atoms with Gasteiger partial charge in [0.25, 0.3) is 0 Å². The number of piperidine rings is 1. The maximum atomic E-state index is 11.0. The van der Waals surface area contributed by atoms with Gasteiger partial charge < -0.3 is 10.4 Å². The number of aliphatic carboxylic acids is 1. The third-order valence-corrected chi connectivity index (χ3v) is 3.05. The fraction of sp³-hybridized carbons (Fsp3) is 0.900. The highest BCUT2D eigenvalue weighted by Gasteiger charge is 2.33. The molecule has 1 rings (SSSR count). The van der Waals surface area contributed by atoms with Crippen LogP contribution in [0.25, 0.3) is 0 Å². The Morgan fingerprint density at radius 2 is 2.14 bits per heavy atom. The van der Waals surface area contributed by atoms with Gasteiger partial charge in [0, 0.05) is 12.6 Å². The van der Waals surface area contributed by atoms with Crippen molar-refractivity contribution in [3.63, 3.8) is 0 Å². The van der Waals surface area contributed by atoms with E-state index in [9.17, 15) is 4.79 Å². The van der Waals surface area contributed by atoms with E-state index in [0.717, 1.165) is 32.6 Å². The van der Waals surface area contributed by atoms with Gasteiger partial charge in [-0.25, -0.2) is 0 Å². The summed E-state index contributed by atoms with van der Waals surface area (Å²) in [5.74, 6) is -0.848. The maximum absolute atomic E-state index is 11.0. The fourth-order valence-electron chi connectivity index (χ4n) is 2.21. The van der Waals surface area contributed by atoms with Crippen molar-refractivity contribution < 1.29 is 9.90 Å². The third kappa shape index (κ3) is 2.45. The number of carboxylic acid groups (broad SMARTS) is 1. The van der Waals surface area contributed by atoms with Crippen LogP contribution >= 0.6 is 0 Å². The quantitative estimate of drug-likeness (QED) is 0.689.